The zero-order valence-corrected chi connectivity index (χ0v) is 13.8. The Morgan fingerprint density at radius 3 is 1.55 bits per heavy atom. The molecule has 2 saturated carbocycles. The minimum absolute atomic E-state index is 0.386. The van der Waals surface area contributed by atoms with Crippen LogP contribution in [0.25, 0.3) is 0 Å². The lowest BCUT2D eigenvalue weighted by Crippen LogP contribution is -2.61. The highest BCUT2D eigenvalue weighted by molar-refractivity contribution is 5.05. The third-order valence-electron chi connectivity index (χ3n) is 6.48. The molecule has 0 aromatic carbocycles. The van der Waals surface area contributed by atoms with Gasteiger partial charge >= 0.3 is 0 Å². The van der Waals surface area contributed by atoms with E-state index in [1.54, 1.807) is 0 Å². The van der Waals surface area contributed by atoms with E-state index < -0.39 is 0 Å². The van der Waals surface area contributed by atoms with E-state index in [1.165, 1.54) is 38.5 Å². The van der Waals surface area contributed by atoms with Gasteiger partial charge in [-0.05, 0) is 38.5 Å². The lowest BCUT2D eigenvalue weighted by atomic mass is 9.75. The van der Waals surface area contributed by atoms with E-state index in [0.717, 1.165) is 52.6 Å². The maximum atomic E-state index is 5.72. The molecule has 4 fully saturated rings. The second-order valence-corrected chi connectivity index (χ2v) is 7.62. The predicted molar refractivity (Wildman–Crippen MR) is 87.1 cm³/mol. The molecule has 4 rings (SSSR count). The highest BCUT2D eigenvalue weighted by Gasteiger charge is 2.45. The van der Waals surface area contributed by atoms with Gasteiger partial charge in [0.05, 0.1) is 26.4 Å². The summed E-state index contributed by atoms with van der Waals surface area (Å²) in [5.74, 6) is 0. The summed E-state index contributed by atoms with van der Waals surface area (Å²) in [5.41, 5.74) is 0.771. The molecule has 2 heterocycles. The number of nitrogens with zero attached hydrogens (tertiary/aromatic N) is 2. The highest BCUT2D eigenvalue weighted by Crippen LogP contribution is 2.40. The summed E-state index contributed by atoms with van der Waals surface area (Å²) in [4.78, 5) is 5.32. The van der Waals surface area contributed by atoms with Crippen LogP contribution in [0.3, 0.4) is 0 Å². The Kier molecular flexibility index (Phi) is 4.29. The van der Waals surface area contributed by atoms with Crippen LogP contribution in [-0.2, 0) is 9.47 Å². The standard InChI is InChI=1S/C18H30N2O2/c1(9-19-11-13-21-15-17(19)5-3-6-17)2-10-20-12-14-22-16-18(20)7-4-8-18/h1-2H,3-16H2. The summed E-state index contributed by atoms with van der Waals surface area (Å²) in [5, 5.41) is 0. The zero-order valence-electron chi connectivity index (χ0n) is 13.8. The summed E-state index contributed by atoms with van der Waals surface area (Å²) < 4.78 is 11.4. The molecule has 4 nitrogen and oxygen atoms in total. The van der Waals surface area contributed by atoms with Crippen molar-refractivity contribution >= 4 is 0 Å². The first-order valence-corrected chi connectivity index (χ1v) is 9.14. The number of ether oxygens (including phenoxy) is 2. The van der Waals surface area contributed by atoms with Crippen molar-refractivity contribution in [1.29, 1.82) is 0 Å². The molecule has 0 aromatic heterocycles. The van der Waals surface area contributed by atoms with Crippen molar-refractivity contribution in [3.8, 4) is 0 Å². The number of morpholine rings is 2. The van der Waals surface area contributed by atoms with Crippen LogP contribution in [0.2, 0.25) is 0 Å². The predicted octanol–water partition coefficient (Wildman–Crippen LogP) is 2.05. The third kappa shape index (κ3) is 2.64. The van der Waals surface area contributed by atoms with Gasteiger partial charge in [0.1, 0.15) is 0 Å². The molecule has 2 spiro atoms. The Labute approximate surface area is 134 Å². The minimum Gasteiger partial charge on any atom is -0.378 e. The normalized spacial score (nSPS) is 31.5. The molecule has 0 radical (unpaired) electrons. The van der Waals surface area contributed by atoms with Crippen LogP contribution in [0.15, 0.2) is 12.2 Å². The number of hydrogen-bond donors (Lipinski definition) is 0. The molecule has 2 saturated heterocycles. The molecule has 2 aliphatic heterocycles. The van der Waals surface area contributed by atoms with Gasteiger partial charge in [-0.15, -0.1) is 0 Å². The Morgan fingerprint density at radius 1 is 0.727 bits per heavy atom. The molecule has 2 aliphatic carbocycles. The highest BCUT2D eigenvalue weighted by atomic mass is 16.5. The van der Waals surface area contributed by atoms with E-state index in [4.69, 9.17) is 9.47 Å². The average molecular weight is 306 g/mol. The van der Waals surface area contributed by atoms with Crippen LogP contribution in [0.5, 0.6) is 0 Å². The van der Waals surface area contributed by atoms with Gasteiger partial charge in [-0.2, -0.15) is 0 Å². The molecule has 0 bridgehead atoms. The molecular weight excluding hydrogens is 276 g/mol. The van der Waals surface area contributed by atoms with Crippen molar-refractivity contribution in [2.75, 3.05) is 52.6 Å². The van der Waals surface area contributed by atoms with Gasteiger partial charge in [0.15, 0.2) is 0 Å². The van der Waals surface area contributed by atoms with Gasteiger partial charge in [0.2, 0.25) is 0 Å². The van der Waals surface area contributed by atoms with Crippen LogP contribution < -0.4 is 0 Å². The largest absolute Gasteiger partial charge is 0.378 e. The maximum absolute atomic E-state index is 5.72. The fourth-order valence-corrected chi connectivity index (χ4v) is 4.60. The fraction of sp³-hybridized carbons (Fsp3) is 0.889. The van der Waals surface area contributed by atoms with Crippen LogP contribution >= 0.6 is 0 Å². The van der Waals surface area contributed by atoms with Gasteiger partial charge in [0, 0.05) is 37.3 Å². The Balaban J connectivity index is 1.29. The van der Waals surface area contributed by atoms with E-state index in [0.29, 0.717) is 11.1 Å². The summed E-state index contributed by atoms with van der Waals surface area (Å²) >= 11 is 0. The molecule has 0 atom stereocenters. The molecule has 0 N–H and O–H groups in total. The van der Waals surface area contributed by atoms with Crippen molar-refractivity contribution < 1.29 is 9.47 Å². The second kappa shape index (κ2) is 6.23. The van der Waals surface area contributed by atoms with Crippen molar-refractivity contribution in [3.05, 3.63) is 12.2 Å². The first-order chi connectivity index (χ1) is 10.8. The van der Waals surface area contributed by atoms with Gasteiger partial charge in [-0.25, -0.2) is 0 Å². The van der Waals surface area contributed by atoms with Gasteiger partial charge < -0.3 is 9.47 Å². The lowest BCUT2D eigenvalue weighted by molar-refractivity contribution is -0.103. The van der Waals surface area contributed by atoms with Gasteiger partial charge in [-0.3, -0.25) is 9.80 Å². The van der Waals surface area contributed by atoms with E-state index in [1.807, 2.05) is 0 Å². The monoisotopic (exact) mass is 306 g/mol. The van der Waals surface area contributed by atoms with E-state index in [9.17, 15) is 0 Å². The van der Waals surface area contributed by atoms with Crippen molar-refractivity contribution in [3.63, 3.8) is 0 Å². The molecule has 4 aliphatic rings. The smallest absolute Gasteiger partial charge is 0.0651 e. The van der Waals surface area contributed by atoms with Crippen LogP contribution in [0.1, 0.15) is 38.5 Å². The summed E-state index contributed by atoms with van der Waals surface area (Å²) in [6.45, 7) is 8.12. The summed E-state index contributed by atoms with van der Waals surface area (Å²) in [6, 6.07) is 0. The minimum atomic E-state index is 0.386. The summed E-state index contributed by atoms with van der Waals surface area (Å²) in [6.07, 6.45) is 12.8. The number of rotatable bonds is 4. The molecule has 0 unspecified atom stereocenters. The SMILES string of the molecule is C(=CCN1CCOCC12CCC2)CN1CCOCC12CCC2. The van der Waals surface area contributed by atoms with Crippen LogP contribution in [-0.4, -0.2) is 73.5 Å². The van der Waals surface area contributed by atoms with Gasteiger partial charge in [-0.1, -0.05) is 12.2 Å². The van der Waals surface area contributed by atoms with Crippen molar-refractivity contribution in [1.82, 2.24) is 9.80 Å². The average Bonchev–Trinajstić information content (AvgIpc) is 2.49. The Bertz CT molecular complexity index is 377. The Morgan fingerprint density at radius 2 is 1.18 bits per heavy atom. The first kappa shape index (κ1) is 15.1. The fourth-order valence-electron chi connectivity index (χ4n) is 4.60. The van der Waals surface area contributed by atoms with E-state index in [-0.39, 0.29) is 0 Å². The van der Waals surface area contributed by atoms with Crippen LogP contribution in [0, 0.1) is 0 Å². The van der Waals surface area contributed by atoms with E-state index in [2.05, 4.69) is 22.0 Å². The maximum Gasteiger partial charge on any atom is 0.0651 e. The topological polar surface area (TPSA) is 24.9 Å². The molecule has 22 heavy (non-hydrogen) atoms. The molecule has 0 aromatic rings. The second-order valence-electron chi connectivity index (χ2n) is 7.62. The first-order valence-electron chi connectivity index (χ1n) is 9.14. The van der Waals surface area contributed by atoms with Gasteiger partial charge in [0.25, 0.3) is 0 Å². The van der Waals surface area contributed by atoms with Crippen molar-refractivity contribution in [2.45, 2.75) is 49.6 Å². The number of hydrogen-bond acceptors (Lipinski definition) is 4. The third-order valence-corrected chi connectivity index (χ3v) is 6.48. The Hall–Kier alpha value is -0.420. The molecule has 0 amide bonds. The molecule has 124 valence electrons. The van der Waals surface area contributed by atoms with E-state index >= 15 is 0 Å². The quantitative estimate of drug-likeness (QED) is 0.742. The molecular formula is C18H30N2O2. The van der Waals surface area contributed by atoms with Crippen LogP contribution in [0.4, 0.5) is 0 Å². The summed E-state index contributed by atoms with van der Waals surface area (Å²) in [7, 11) is 0. The molecule has 4 heteroatoms. The zero-order chi connectivity index (χ0) is 14.9. The van der Waals surface area contributed by atoms with Crippen molar-refractivity contribution in [2.24, 2.45) is 0 Å². The lowest BCUT2D eigenvalue weighted by Gasteiger charge is -2.53.